The lowest BCUT2D eigenvalue weighted by atomic mass is 9.89. The van der Waals surface area contributed by atoms with Gasteiger partial charge in [-0.3, -0.25) is 4.79 Å². The van der Waals surface area contributed by atoms with Crippen molar-refractivity contribution in [3.8, 4) is 5.75 Å². The van der Waals surface area contributed by atoms with Gasteiger partial charge in [-0.25, -0.2) is 4.79 Å². The number of carbonyl (C=O) groups is 2. The van der Waals surface area contributed by atoms with Gasteiger partial charge in [0.2, 0.25) is 0 Å². The molecule has 2 aliphatic rings. The average molecular weight is 542 g/mol. The number of hydrogen-bond donors (Lipinski definition) is 3. The monoisotopic (exact) mass is 541 g/mol. The largest absolute Gasteiger partial charge is 0.486 e. The summed E-state index contributed by atoms with van der Waals surface area (Å²) in [6.45, 7) is 9.41. The summed E-state index contributed by atoms with van der Waals surface area (Å²) < 4.78 is 11.8. The summed E-state index contributed by atoms with van der Waals surface area (Å²) >= 11 is 0. The molecule has 0 unspecified atom stereocenters. The number of aliphatic hydroxyl groups is 1. The van der Waals surface area contributed by atoms with E-state index in [-0.39, 0.29) is 30.6 Å². The van der Waals surface area contributed by atoms with E-state index < -0.39 is 6.03 Å². The first-order valence-electron chi connectivity index (χ1n) is 14.1. The van der Waals surface area contributed by atoms with Gasteiger partial charge in [0.25, 0.3) is 5.91 Å². The van der Waals surface area contributed by atoms with E-state index in [4.69, 9.17) is 9.26 Å². The van der Waals surface area contributed by atoms with Crippen LogP contribution >= 0.6 is 0 Å². The van der Waals surface area contributed by atoms with Crippen LogP contribution < -0.4 is 15.4 Å². The predicted octanol–water partition coefficient (Wildman–Crippen LogP) is 4.67. The smallest absolute Gasteiger partial charge is 0.323 e. The fraction of sp³-hybridized carbons (Fsp3) is 0.621. The van der Waals surface area contributed by atoms with Gasteiger partial charge >= 0.3 is 6.03 Å². The highest BCUT2D eigenvalue weighted by Gasteiger charge is 2.35. The molecule has 2 aromatic rings. The van der Waals surface area contributed by atoms with Crippen molar-refractivity contribution < 1.29 is 24.0 Å². The molecule has 0 radical (unpaired) electrons. The van der Waals surface area contributed by atoms with Crippen LogP contribution in [0.1, 0.15) is 67.8 Å². The number of nitrogens with one attached hydrogen (secondary N) is 2. The zero-order valence-electron chi connectivity index (χ0n) is 23.8. The van der Waals surface area contributed by atoms with Gasteiger partial charge in [0.1, 0.15) is 17.5 Å². The van der Waals surface area contributed by atoms with E-state index in [1.807, 2.05) is 6.92 Å². The molecule has 3 N–H and O–H groups in total. The van der Waals surface area contributed by atoms with Crippen LogP contribution in [0, 0.1) is 25.7 Å². The molecule has 0 bridgehead atoms. The Bertz CT molecular complexity index is 1130. The number of fused-ring (bicyclic) bond motifs is 1. The second kappa shape index (κ2) is 12.8. The van der Waals surface area contributed by atoms with Gasteiger partial charge in [-0.1, -0.05) is 37.4 Å². The summed E-state index contributed by atoms with van der Waals surface area (Å²) in [6.07, 6.45) is 6.21. The number of anilines is 2. The third-order valence-corrected chi connectivity index (χ3v) is 8.00. The molecule has 214 valence electrons. The van der Waals surface area contributed by atoms with Crippen LogP contribution in [0.3, 0.4) is 0 Å². The average Bonchev–Trinajstić information content (AvgIpc) is 3.23. The maximum Gasteiger partial charge on any atom is 0.323 e. The van der Waals surface area contributed by atoms with Crippen molar-refractivity contribution >= 4 is 23.3 Å². The highest BCUT2D eigenvalue weighted by Crippen LogP contribution is 2.35. The third kappa shape index (κ3) is 6.91. The van der Waals surface area contributed by atoms with Crippen LogP contribution in [0.2, 0.25) is 0 Å². The Balaban J connectivity index is 1.61. The second-order valence-electron chi connectivity index (χ2n) is 11.3. The number of aliphatic hydroxyl groups excluding tert-OH is 1. The molecule has 10 heteroatoms. The lowest BCUT2D eigenvalue weighted by molar-refractivity contribution is 0.0333. The van der Waals surface area contributed by atoms with Gasteiger partial charge < -0.3 is 34.8 Å². The normalized spacial score (nSPS) is 21.1. The van der Waals surface area contributed by atoms with Gasteiger partial charge in [0.05, 0.1) is 23.9 Å². The number of urea groups is 1. The molecule has 2 heterocycles. The van der Waals surface area contributed by atoms with E-state index in [9.17, 15) is 14.7 Å². The number of benzene rings is 1. The summed E-state index contributed by atoms with van der Waals surface area (Å²) in [4.78, 5) is 30.7. The van der Waals surface area contributed by atoms with E-state index in [0.29, 0.717) is 53.1 Å². The maximum absolute atomic E-state index is 13.7. The van der Waals surface area contributed by atoms with Crippen molar-refractivity contribution in [2.75, 3.05) is 43.9 Å². The van der Waals surface area contributed by atoms with E-state index in [2.05, 4.69) is 34.7 Å². The van der Waals surface area contributed by atoms with Crippen LogP contribution in [0.4, 0.5) is 16.2 Å². The van der Waals surface area contributed by atoms with E-state index >= 15 is 0 Å². The lowest BCUT2D eigenvalue weighted by Crippen LogP contribution is -2.50. The maximum atomic E-state index is 13.7. The Labute approximate surface area is 231 Å². The number of aromatic nitrogens is 1. The summed E-state index contributed by atoms with van der Waals surface area (Å²) in [5.41, 5.74) is 1.83. The minimum atomic E-state index is -0.490. The van der Waals surface area contributed by atoms with Crippen molar-refractivity contribution in [1.29, 1.82) is 0 Å². The fourth-order valence-corrected chi connectivity index (χ4v) is 5.68. The van der Waals surface area contributed by atoms with Crippen molar-refractivity contribution in [3.05, 3.63) is 35.2 Å². The van der Waals surface area contributed by atoms with E-state index in [0.717, 1.165) is 6.54 Å². The first-order chi connectivity index (χ1) is 18.7. The Morgan fingerprint density at radius 3 is 2.62 bits per heavy atom. The Morgan fingerprint density at radius 2 is 1.95 bits per heavy atom. The third-order valence-electron chi connectivity index (χ3n) is 8.00. The zero-order valence-corrected chi connectivity index (χ0v) is 23.8. The molecule has 1 aliphatic carbocycles. The summed E-state index contributed by atoms with van der Waals surface area (Å²) in [6, 6.07) is 4.32. The Hall–Kier alpha value is -3.11. The lowest BCUT2D eigenvalue weighted by Gasteiger charge is -2.39. The molecule has 1 saturated carbocycles. The summed E-state index contributed by atoms with van der Waals surface area (Å²) in [5.74, 6) is 1.30. The second-order valence-corrected chi connectivity index (χ2v) is 11.3. The molecule has 10 nitrogen and oxygen atoms in total. The molecular formula is C29H43N5O5. The highest BCUT2D eigenvalue weighted by atomic mass is 16.5. The quantitative estimate of drug-likeness (QED) is 0.444. The first-order valence-corrected chi connectivity index (χ1v) is 14.1. The molecule has 0 spiro atoms. The van der Waals surface area contributed by atoms with Crippen LogP contribution in [0.5, 0.6) is 5.75 Å². The summed E-state index contributed by atoms with van der Waals surface area (Å²) in [7, 11) is 2.13. The summed E-state index contributed by atoms with van der Waals surface area (Å²) in [5, 5.41) is 19.5. The molecular weight excluding hydrogens is 498 g/mol. The Morgan fingerprint density at radius 1 is 1.21 bits per heavy atom. The molecule has 1 aromatic carbocycles. The number of carbonyl (C=O) groups excluding carboxylic acids is 2. The van der Waals surface area contributed by atoms with Gasteiger partial charge in [-0.15, -0.1) is 0 Å². The Kier molecular flexibility index (Phi) is 9.50. The molecule has 1 fully saturated rings. The zero-order chi connectivity index (χ0) is 28.1. The minimum Gasteiger partial charge on any atom is -0.486 e. The minimum absolute atomic E-state index is 0.00547. The number of aryl methyl sites for hydroxylation is 2. The van der Waals surface area contributed by atoms with E-state index in [1.54, 1.807) is 36.9 Å². The number of ether oxygens (including phenoxy) is 1. The number of rotatable bonds is 8. The first kappa shape index (κ1) is 28.9. The van der Waals surface area contributed by atoms with Crippen LogP contribution in [0.15, 0.2) is 22.7 Å². The van der Waals surface area contributed by atoms with Gasteiger partial charge in [0.15, 0.2) is 11.5 Å². The number of likely N-dealkylation sites (N-methyl/N-ethyl adjacent to an activating group) is 1. The predicted molar refractivity (Wildman–Crippen MR) is 150 cm³/mol. The van der Waals surface area contributed by atoms with Crippen molar-refractivity contribution in [2.24, 2.45) is 11.8 Å². The fourth-order valence-electron chi connectivity index (χ4n) is 5.68. The highest BCUT2D eigenvalue weighted by molar-refractivity contribution is 6.04. The SMILES string of the molecule is Cc1noc(C)c1NC(=O)Nc1cccc2c1O[C@H](CN(C)CC1CCCCC1)[C@@H](C)CN([C@@H](C)CO)C2=O. The topological polar surface area (TPSA) is 120 Å². The molecule has 1 aromatic heterocycles. The molecule has 1 aliphatic heterocycles. The molecule has 0 saturated heterocycles. The molecule has 39 heavy (non-hydrogen) atoms. The van der Waals surface area contributed by atoms with Gasteiger partial charge in [0, 0.05) is 25.6 Å². The van der Waals surface area contributed by atoms with Crippen molar-refractivity contribution in [2.45, 2.75) is 71.9 Å². The van der Waals surface area contributed by atoms with Gasteiger partial charge in [-0.2, -0.15) is 0 Å². The van der Waals surface area contributed by atoms with E-state index in [1.165, 1.54) is 32.1 Å². The molecule has 4 rings (SSSR count). The number of amides is 3. The van der Waals surface area contributed by atoms with Crippen LogP contribution in [0.25, 0.3) is 0 Å². The number of hydrogen-bond acceptors (Lipinski definition) is 7. The molecule has 3 amide bonds. The van der Waals surface area contributed by atoms with Crippen molar-refractivity contribution in [3.63, 3.8) is 0 Å². The molecule has 3 atom stereocenters. The number of nitrogens with zero attached hydrogens (tertiary/aromatic N) is 3. The number of para-hydroxylation sites is 1. The van der Waals surface area contributed by atoms with Crippen molar-refractivity contribution in [1.82, 2.24) is 15.0 Å². The van der Waals surface area contributed by atoms with Crippen LogP contribution in [-0.2, 0) is 0 Å². The van der Waals surface area contributed by atoms with Crippen LogP contribution in [-0.4, -0.2) is 77.4 Å². The van der Waals surface area contributed by atoms with Gasteiger partial charge in [-0.05, 0) is 58.7 Å². The standard InChI is InChI=1S/C29H43N5O5/c1-18-14-34(19(2)17-35)28(36)23-12-9-13-24(30-29(37)31-26-20(3)32-39-21(26)4)27(23)38-25(18)16-33(5)15-22-10-7-6-8-11-22/h9,12-13,18-19,22,25,35H,6-8,10-11,14-17H2,1-5H3,(H2,30,31,37)/t18-,19-,25+/m0/s1.